The number of allylic oxidation sites excluding steroid dienone is 6. The van der Waals surface area contributed by atoms with Crippen LogP contribution in [-0.2, 0) is 23.7 Å². The SMILES string of the molecule is CCCCCCC/C=C\C/C=C\C/C=C\CCCCCCCCCCC(=O)NC(COC1OC(CO)C(OC2OC(CO)C(O)C(O)C2O)C(O)C1O)C(O)CCCCC. The van der Waals surface area contributed by atoms with Crippen LogP contribution in [0.3, 0.4) is 0 Å². The number of hydrogen-bond acceptors (Lipinski definition) is 13. The molecule has 14 heteroatoms. The molecule has 12 unspecified atom stereocenters. The van der Waals surface area contributed by atoms with Crippen LogP contribution in [0.4, 0.5) is 0 Å². The van der Waals surface area contributed by atoms with Gasteiger partial charge in [-0.25, -0.2) is 0 Å². The molecule has 9 N–H and O–H groups in total. The summed E-state index contributed by atoms with van der Waals surface area (Å²) in [5.74, 6) is -0.228. The van der Waals surface area contributed by atoms with E-state index in [1.807, 2.05) is 6.92 Å². The lowest BCUT2D eigenvalue weighted by molar-refractivity contribution is -0.359. The molecule has 0 aliphatic carbocycles. The summed E-state index contributed by atoms with van der Waals surface area (Å²) in [4.78, 5) is 13.0. The van der Waals surface area contributed by atoms with Crippen LogP contribution in [0.25, 0.3) is 0 Å². The van der Waals surface area contributed by atoms with Crippen LogP contribution in [0.15, 0.2) is 36.5 Å². The second kappa shape index (κ2) is 33.7. The molecule has 350 valence electrons. The summed E-state index contributed by atoms with van der Waals surface area (Å²) in [6, 6.07) is -0.828. The Morgan fingerprint density at radius 1 is 0.600 bits per heavy atom. The fraction of sp³-hybridized carbons (Fsp3) is 0.848. The Hall–Kier alpha value is -1.79. The highest BCUT2D eigenvalue weighted by Crippen LogP contribution is 2.30. The van der Waals surface area contributed by atoms with Gasteiger partial charge >= 0.3 is 0 Å². The van der Waals surface area contributed by atoms with Crippen molar-refractivity contribution in [3.63, 3.8) is 0 Å². The van der Waals surface area contributed by atoms with Crippen LogP contribution in [0, 0.1) is 0 Å². The first-order chi connectivity index (χ1) is 29.1. The highest BCUT2D eigenvalue weighted by Gasteiger charge is 2.51. The van der Waals surface area contributed by atoms with Crippen molar-refractivity contribution in [2.24, 2.45) is 0 Å². The molecule has 0 bridgehead atoms. The number of rotatable bonds is 34. The normalized spacial score (nSPS) is 28.6. The number of hydrogen-bond donors (Lipinski definition) is 9. The van der Waals surface area contributed by atoms with Crippen LogP contribution < -0.4 is 5.32 Å². The van der Waals surface area contributed by atoms with Gasteiger partial charge in [-0.2, -0.15) is 0 Å². The Kier molecular flexibility index (Phi) is 30.5. The van der Waals surface area contributed by atoms with E-state index in [4.69, 9.17) is 18.9 Å². The van der Waals surface area contributed by atoms with Crippen LogP contribution in [0.2, 0.25) is 0 Å². The molecule has 60 heavy (non-hydrogen) atoms. The van der Waals surface area contributed by atoms with Gasteiger partial charge in [0.15, 0.2) is 12.6 Å². The van der Waals surface area contributed by atoms with Gasteiger partial charge in [-0.15, -0.1) is 0 Å². The first kappa shape index (κ1) is 54.3. The van der Waals surface area contributed by atoms with Gasteiger partial charge in [-0.05, 0) is 51.4 Å². The quantitative estimate of drug-likeness (QED) is 0.0315. The van der Waals surface area contributed by atoms with E-state index in [9.17, 15) is 45.6 Å². The third kappa shape index (κ3) is 21.5. The Balaban J connectivity index is 1.67. The number of aliphatic hydroxyl groups is 8. The van der Waals surface area contributed by atoms with Crippen molar-refractivity contribution >= 4 is 5.91 Å². The van der Waals surface area contributed by atoms with Gasteiger partial charge in [0.1, 0.15) is 48.8 Å². The first-order valence-corrected chi connectivity index (χ1v) is 23.2. The molecule has 0 radical (unpaired) electrons. The summed E-state index contributed by atoms with van der Waals surface area (Å²) in [6.45, 7) is 2.63. The van der Waals surface area contributed by atoms with Gasteiger partial charge in [0.05, 0.1) is 32.0 Å². The summed E-state index contributed by atoms with van der Waals surface area (Å²) in [5, 5.41) is 85.9. The van der Waals surface area contributed by atoms with E-state index in [0.29, 0.717) is 19.3 Å². The molecular weight excluding hydrogens is 775 g/mol. The van der Waals surface area contributed by atoms with Crippen molar-refractivity contribution in [3.8, 4) is 0 Å². The number of nitrogens with one attached hydrogen (secondary N) is 1. The summed E-state index contributed by atoms with van der Waals surface area (Å²) in [6.07, 6.45) is 19.8. The number of unbranched alkanes of at least 4 members (excludes halogenated alkanes) is 15. The second-order valence-electron chi connectivity index (χ2n) is 16.5. The molecule has 0 saturated carbocycles. The maximum absolute atomic E-state index is 13.0. The summed E-state index contributed by atoms with van der Waals surface area (Å²) in [5.41, 5.74) is 0. The molecule has 2 saturated heterocycles. The van der Waals surface area contributed by atoms with Crippen molar-refractivity contribution in [1.29, 1.82) is 0 Å². The van der Waals surface area contributed by atoms with Crippen molar-refractivity contribution in [2.75, 3.05) is 19.8 Å². The molecule has 0 aromatic carbocycles. The Bertz CT molecular complexity index is 1150. The van der Waals surface area contributed by atoms with Gasteiger partial charge < -0.3 is 65.1 Å². The molecule has 0 spiro atoms. The monoisotopic (exact) mass is 858 g/mol. The fourth-order valence-electron chi connectivity index (χ4n) is 7.48. The molecule has 2 rings (SSSR count). The average molecular weight is 858 g/mol. The lowest BCUT2D eigenvalue weighted by Gasteiger charge is -2.46. The number of aliphatic hydroxyl groups excluding tert-OH is 8. The first-order valence-electron chi connectivity index (χ1n) is 23.2. The number of amides is 1. The lowest BCUT2D eigenvalue weighted by Crippen LogP contribution is -2.65. The van der Waals surface area contributed by atoms with Gasteiger partial charge in [0.25, 0.3) is 0 Å². The minimum absolute atomic E-state index is 0.228. The third-order valence-corrected chi connectivity index (χ3v) is 11.4. The van der Waals surface area contributed by atoms with Gasteiger partial charge in [0.2, 0.25) is 5.91 Å². The average Bonchev–Trinajstić information content (AvgIpc) is 3.24. The van der Waals surface area contributed by atoms with E-state index in [0.717, 1.165) is 57.8 Å². The number of carbonyl (C=O) groups excluding carboxylic acids is 1. The molecule has 2 aliphatic heterocycles. The smallest absolute Gasteiger partial charge is 0.220 e. The second-order valence-corrected chi connectivity index (χ2v) is 16.5. The van der Waals surface area contributed by atoms with Crippen molar-refractivity contribution in [1.82, 2.24) is 5.32 Å². The Labute approximate surface area is 360 Å². The molecule has 14 nitrogen and oxygen atoms in total. The minimum atomic E-state index is -1.78. The molecule has 0 aromatic rings. The standard InChI is InChI=1S/C46H83NO13/c1-3-5-7-8-9-10-11-12-13-14-15-16-17-18-19-20-21-22-23-24-25-26-28-30-38(51)47-34(35(50)29-27-6-4-2)33-57-45-43(56)41(54)44(37(32-49)59-45)60-46-42(55)40(53)39(52)36(31-48)58-46/h11-12,14-15,17-18,34-37,39-46,48-50,52-56H,3-10,13,16,19-33H2,1-2H3,(H,47,51)/b12-11-,15-14-,18-17-. The molecule has 0 aromatic heterocycles. The molecule has 2 heterocycles. The van der Waals surface area contributed by atoms with Crippen LogP contribution in [-0.4, -0.2) is 140 Å². The van der Waals surface area contributed by atoms with Gasteiger partial charge in [-0.1, -0.05) is 134 Å². The van der Waals surface area contributed by atoms with Crippen molar-refractivity contribution < 1.29 is 64.6 Å². The number of ether oxygens (including phenoxy) is 4. The third-order valence-electron chi connectivity index (χ3n) is 11.4. The van der Waals surface area contributed by atoms with Gasteiger partial charge in [0, 0.05) is 6.42 Å². The summed E-state index contributed by atoms with van der Waals surface area (Å²) in [7, 11) is 0. The zero-order chi connectivity index (χ0) is 44.0. The van der Waals surface area contributed by atoms with Crippen LogP contribution in [0.1, 0.15) is 155 Å². The van der Waals surface area contributed by atoms with Crippen LogP contribution >= 0.6 is 0 Å². The van der Waals surface area contributed by atoms with Crippen molar-refractivity contribution in [2.45, 2.75) is 229 Å². The summed E-state index contributed by atoms with van der Waals surface area (Å²) < 4.78 is 22.5. The lowest BCUT2D eigenvalue weighted by atomic mass is 9.97. The molecule has 2 aliphatic rings. The predicted octanol–water partition coefficient (Wildman–Crippen LogP) is 4.76. The Morgan fingerprint density at radius 2 is 1.10 bits per heavy atom. The fourth-order valence-corrected chi connectivity index (χ4v) is 7.48. The van der Waals surface area contributed by atoms with Crippen LogP contribution in [0.5, 0.6) is 0 Å². The highest BCUT2D eigenvalue weighted by molar-refractivity contribution is 5.76. The maximum atomic E-state index is 13.0. The zero-order valence-electron chi connectivity index (χ0n) is 36.7. The molecule has 2 fully saturated rings. The van der Waals surface area contributed by atoms with E-state index in [2.05, 4.69) is 48.7 Å². The van der Waals surface area contributed by atoms with E-state index >= 15 is 0 Å². The molecule has 1 amide bonds. The largest absolute Gasteiger partial charge is 0.394 e. The predicted molar refractivity (Wildman–Crippen MR) is 231 cm³/mol. The van der Waals surface area contributed by atoms with E-state index in [1.54, 1.807) is 0 Å². The van der Waals surface area contributed by atoms with E-state index in [1.165, 1.54) is 64.2 Å². The number of carbonyl (C=O) groups is 1. The Morgan fingerprint density at radius 3 is 1.68 bits per heavy atom. The maximum Gasteiger partial charge on any atom is 0.220 e. The van der Waals surface area contributed by atoms with Crippen molar-refractivity contribution in [3.05, 3.63) is 36.5 Å². The molecule has 12 atom stereocenters. The summed E-state index contributed by atoms with van der Waals surface area (Å²) >= 11 is 0. The highest BCUT2D eigenvalue weighted by atomic mass is 16.7. The van der Waals surface area contributed by atoms with E-state index in [-0.39, 0.29) is 12.5 Å². The van der Waals surface area contributed by atoms with E-state index < -0.39 is 86.8 Å². The zero-order valence-corrected chi connectivity index (χ0v) is 36.7. The minimum Gasteiger partial charge on any atom is -0.394 e. The van der Waals surface area contributed by atoms with Gasteiger partial charge in [-0.3, -0.25) is 4.79 Å². The molecular formula is C46H83NO13. The topological polar surface area (TPSA) is 228 Å².